The molecule has 0 atom stereocenters. The lowest BCUT2D eigenvalue weighted by Crippen LogP contribution is -2.27. The van der Waals surface area contributed by atoms with E-state index in [1.807, 2.05) is 31.2 Å². The standard InChI is InChI=1S/C24H25NO5S/c1-5-29-19-12-8-16(9-13-19)14-20-21(26)25(23(28)31-20)15-17-6-10-18(11-7-17)22(27)30-24(2,3)4/h6-14H,5,15H2,1-4H3/b20-14-. The van der Waals surface area contributed by atoms with Crippen LogP contribution in [0, 0.1) is 0 Å². The van der Waals surface area contributed by atoms with Crippen molar-refractivity contribution in [1.29, 1.82) is 0 Å². The number of esters is 1. The highest BCUT2D eigenvalue weighted by Crippen LogP contribution is 2.33. The van der Waals surface area contributed by atoms with Gasteiger partial charge in [0.05, 0.1) is 23.6 Å². The van der Waals surface area contributed by atoms with Crippen LogP contribution in [-0.4, -0.2) is 34.2 Å². The first-order valence-corrected chi connectivity index (χ1v) is 10.8. The monoisotopic (exact) mass is 439 g/mol. The molecule has 0 spiro atoms. The molecule has 6 nitrogen and oxygen atoms in total. The van der Waals surface area contributed by atoms with Crippen molar-refractivity contribution in [3.63, 3.8) is 0 Å². The molecule has 0 aliphatic carbocycles. The summed E-state index contributed by atoms with van der Waals surface area (Å²) in [7, 11) is 0. The Morgan fingerprint density at radius 3 is 2.26 bits per heavy atom. The van der Waals surface area contributed by atoms with E-state index in [0.717, 1.165) is 28.6 Å². The zero-order valence-electron chi connectivity index (χ0n) is 18.0. The second-order valence-electron chi connectivity index (χ2n) is 7.97. The normalized spacial score (nSPS) is 15.5. The summed E-state index contributed by atoms with van der Waals surface area (Å²) in [5, 5.41) is -0.321. The Hall–Kier alpha value is -3.06. The molecule has 2 aromatic carbocycles. The lowest BCUT2D eigenvalue weighted by atomic mass is 10.1. The maximum Gasteiger partial charge on any atom is 0.338 e. The highest BCUT2D eigenvalue weighted by molar-refractivity contribution is 8.18. The Bertz CT molecular complexity index is 1000. The average molecular weight is 440 g/mol. The van der Waals surface area contributed by atoms with Gasteiger partial charge >= 0.3 is 5.97 Å². The van der Waals surface area contributed by atoms with Gasteiger partial charge in [-0.05, 0) is 80.9 Å². The Morgan fingerprint density at radius 2 is 1.68 bits per heavy atom. The quantitative estimate of drug-likeness (QED) is 0.451. The number of imide groups is 1. The maximum absolute atomic E-state index is 12.7. The molecule has 1 heterocycles. The molecule has 31 heavy (non-hydrogen) atoms. The Morgan fingerprint density at radius 1 is 1.03 bits per heavy atom. The van der Waals surface area contributed by atoms with Gasteiger partial charge in [-0.1, -0.05) is 24.3 Å². The summed E-state index contributed by atoms with van der Waals surface area (Å²) in [5.41, 5.74) is 1.41. The van der Waals surface area contributed by atoms with Gasteiger partial charge in [0, 0.05) is 0 Å². The van der Waals surface area contributed by atoms with Crippen LogP contribution in [-0.2, 0) is 16.1 Å². The summed E-state index contributed by atoms with van der Waals surface area (Å²) in [6.07, 6.45) is 1.70. The van der Waals surface area contributed by atoms with E-state index in [1.54, 1.807) is 51.1 Å². The van der Waals surface area contributed by atoms with Gasteiger partial charge in [0.15, 0.2) is 0 Å². The molecule has 1 fully saturated rings. The second kappa shape index (κ2) is 9.39. The van der Waals surface area contributed by atoms with Gasteiger partial charge in [-0.2, -0.15) is 0 Å². The molecule has 2 aromatic rings. The number of rotatable bonds is 6. The van der Waals surface area contributed by atoms with Gasteiger partial charge in [0.1, 0.15) is 11.4 Å². The SMILES string of the molecule is CCOc1ccc(/C=C2\SC(=O)N(Cc3ccc(C(=O)OC(C)(C)C)cc3)C2=O)cc1. The number of amides is 2. The molecule has 0 unspecified atom stereocenters. The highest BCUT2D eigenvalue weighted by Gasteiger charge is 2.35. The van der Waals surface area contributed by atoms with Crippen LogP contribution < -0.4 is 4.74 Å². The van der Waals surface area contributed by atoms with E-state index in [2.05, 4.69) is 0 Å². The Kier molecular flexibility index (Phi) is 6.85. The minimum absolute atomic E-state index is 0.139. The van der Waals surface area contributed by atoms with Crippen LogP contribution in [0.3, 0.4) is 0 Å². The molecule has 0 radical (unpaired) electrons. The smallest absolute Gasteiger partial charge is 0.338 e. The first-order valence-electron chi connectivity index (χ1n) is 9.97. The van der Waals surface area contributed by atoms with Crippen molar-refractivity contribution in [3.8, 4) is 5.75 Å². The van der Waals surface area contributed by atoms with Crippen molar-refractivity contribution in [1.82, 2.24) is 4.90 Å². The third-order valence-corrected chi connectivity index (χ3v) is 5.20. The second-order valence-corrected chi connectivity index (χ2v) is 8.96. The summed E-state index contributed by atoms with van der Waals surface area (Å²) >= 11 is 0.918. The lowest BCUT2D eigenvalue weighted by Gasteiger charge is -2.19. The Balaban J connectivity index is 1.68. The first kappa shape index (κ1) is 22.6. The molecule has 3 rings (SSSR count). The van der Waals surface area contributed by atoms with Gasteiger partial charge in [-0.15, -0.1) is 0 Å². The van der Waals surface area contributed by atoms with Crippen LogP contribution in [0.1, 0.15) is 49.2 Å². The molecule has 0 N–H and O–H groups in total. The zero-order valence-corrected chi connectivity index (χ0v) is 18.8. The van der Waals surface area contributed by atoms with E-state index >= 15 is 0 Å². The number of carbonyl (C=O) groups is 3. The highest BCUT2D eigenvalue weighted by atomic mass is 32.2. The van der Waals surface area contributed by atoms with Crippen LogP contribution in [0.2, 0.25) is 0 Å². The predicted molar refractivity (Wildman–Crippen MR) is 121 cm³/mol. The summed E-state index contributed by atoms with van der Waals surface area (Å²) < 4.78 is 10.8. The lowest BCUT2D eigenvalue weighted by molar-refractivity contribution is -0.123. The molecular formula is C24H25NO5S. The van der Waals surface area contributed by atoms with E-state index in [1.165, 1.54) is 4.90 Å². The van der Waals surface area contributed by atoms with Crippen molar-refractivity contribution in [2.24, 2.45) is 0 Å². The fourth-order valence-corrected chi connectivity index (χ4v) is 3.72. The van der Waals surface area contributed by atoms with Gasteiger partial charge in [-0.25, -0.2) is 4.79 Å². The molecule has 0 aromatic heterocycles. The number of thioether (sulfide) groups is 1. The van der Waals surface area contributed by atoms with Crippen LogP contribution in [0.15, 0.2) is 53.4 Å². The van der Waals surface area contributed by atoms with Crippen molar-refractivity contribution in [2.75, 3.05) is 6.61 Å². The number of ether oxygens (including phenoxy) is 2. The van der Waals surface area contributed by atoms with Crippen molar-refractivity contribution < 1.29 is 23.9 Å². The van der Waals surface area contributed by atoms with Crippen LogP contribution in [0.5, 0.6) is 5.75 Å². The molecule has 1 saturated heterocycles. The van der Waals surface area contributed by atoms with Gasteiger partial charge in [0.25, 0.3) is 11.1 Å². The molecular weight excluding hydrogens is 414 g/mol. The molecule has 0 saturated carbocycles. The van der Waals surface area contributed by atoms with E-state index < -0.39 is 11.6 Å². The summed E-state index contributed by atoms with van der Waals surface area (Å²) in [4.78, 5) is 38.8. The number of carbonyl (C=O) groups excluding carboxylic acids is 3. The predicted octanol–water partition coefficient (Wildman–Crippen LogP) is 5.28. The summed E-state index contributed by atoms with van der Waals surface area (Å²) in [6.45, 7) is 8.05. The number of nitrogens with zero attached hydrogens (tertiary/aromatic N) is 1. The number of benzene rings is 2. The summed E-state index contributed by atoms with van der Waals surface area (Å²) in [5.74, 6) is 0.00573. The summed E-state index contributed by atoms with van der Waals surface area (Å²) in [6, 6.07) is 14.0. The molecule has 7 heteroatoms. The molecule has 0 bridgehead atoms. The van der Waals surface area contributed by atoms with E-state index in [0.29, 0.717) is 17.1 Å². The molecule has 1 aliphatic rings. The van der Waals surface area contributed by atoms with Crippen molar-refractivity contribution in [3.05, 3.63) is 70.1 Å². The topological polar surface area (TPSA) is 72.9 Å². The van der Waals surface area contributed by atoms with Gasteiger partial charge in [0.2, 0.25) is 0 Å². The van der Waals surface area contributed by atoms with Crippen molar-refractivity contribution in [2.45, 2.75) is 39.8 Å². The third kappa shape index (κ3) is 5.98. The molecule has 162 valence electrons. The minimum atomic E-state index is -0.576. The number of hydrogen-bond acceptors (Lipinski definition) is 6. The van der Waals surface area contributed by atoms with Crippen LogP contribution in [0.4, 0.5) is 4.79 Å². The van der Waals surface area contributed by atoms with Crippen molar-refractivity contribution >= 4 is 35.0 Å². The minimum Gasteiger partial charge on any atom is -0.494 e. The van der Waals surface area contributed by atoms with Crippen LogP contribution >= 0.6 is 11.8 Å². The van der Waals surface area contributed by atoms with Gasteiger partial charge in [-0.3, -0.25) is 14.5 Å². The first-order chi connectivity index (χ1) is 14.7. The Labute approximate surface area is 186 Å². The fourth-order valence-electron chi connectivity index (χ4n) is 2.88. The average Bonchev–Trinajstić information content (AvgIpc) is 2.96. The zero-order chi connectivity index (χ0) is 22.6. The van der Waals surface area contributed by atoms with Gasteiger partial charge < -0.3 is 9.47 Å². The van der Waals surface area contributed by atoms with Crippen LogP contribution in [0.25, 0.3) is 6.08 Å². The molecule has 2 amide bonds. The van der Waals surface area contributed by atoms with E-state index in [-0.39, 0.29) is 17.7 Å². The number of hydrogen-bond donors (Lipinski definition) is 0. The molecule has 1 aliphatic heterocycles. The van der Waals surface area contributed by atoms with E-state index in [9.17, 15) is 14.4 Å². The third-order valence-electron chi connectivity index (χ3n) is 4.29. The maximum atomic E-state index is 12.7. The largest absolute Gasteiger partial charge is 0.494 e. The van der Waals surface area contributed by atoms with E-state index in [4.69, 9.17) is 9.47 Å². The fraction of sp³-hybridized carbons (Fsp3) is 0.292.